The average molecular weight is 259 g/mol. The first-order valence-corrected chi connectivity index (χ1v) is 6.58. The number of pyridine rings is 1. The highest BCUT2D eigenvalue weighted by atomic mass is 16.5. The Hall–Kier alpha value is -1.45. The van der Waals surface area contributed by atoms with E-state index in [-0.39, 0.29) is 5.60 Å². The second kappa shape index (κ2) is 5.68. The molecule has 0 amide bonds. The van der Waals surface area contributed by atoms with Gasteiger partial charge in [-0.15, -0.1) is 0 Å². The van der Waals surface area contributed by atoms with E-state index in [0.29, 0.717) is 12.8 Å². The number of hydrogen-bond donors (Lipinski definition) is 1. The molecular formula is C16H21NO2. The average Bonchev–Trinajstić information content (AvgIpc) is 2.38. The summed E-state index contributed by atoms with van der Waals surface area (Å²) in [6.45, 7) is 3.97. The molecule has 1 heterocycles. The van der Waals surface area contributed by atoms with E-state index in [0.717, 1.165) is 16.5 Å². The predicted octanol–water partition coefficient (Wildman–Crippen LogP) is 2.95. The van der Waals surface area contributed by atoms with Gasteiger partial charge in [0.05, 0.1) is 17.2 Å². The first kappa shape index (κ1) is 14.0. The summed E-state index contributed by atoms with van der Waals surface area (Å²) in [7, 11) is 1.68. The Morgan fingerprint density at radius 2 is 2.00 bits per heavy atom. The van der Waals surface area contributed by atoms with Crippen molar-refractivity contribution >= 4 is 10.9 Å². The van der Waals surface area contributed by atoms with Gasteiger partial charge in [0.15, 0.2) is 0 Å². The zero-order valence-electron chi connectivity index (χ0n) is 11.8. The lowest BCUT2D eigenvalue weighted by Gasteiger charge is -2.26. The third-order valence-corrected chi connectivity index (χ3v) is 3.47. The summed E-state index contributed by atoms with van der Waals surface area (Å²) in [4.78, 5) is 4.33. The molecule has 1 aromatic carbocycles. The van der Waals surface area contributed by atoms with Crippen molar-refractivity contribution in [2.75, 3.05) is 7.11 Å². The zero-order valence-corrected chi connectivity index (χ0v) is 11.8. The highest BCUT2D eigenvalue weighted by Gasteiger charge is 2.21. The second-order valence-corrected chi connectivity index (χ2v) is 5.51. The monoisotopic (exact) mass is 259 g/mol. The van der Waals surface area contributed by atoms with Crippen LogP contribution in [-0.2, 0) is 11.2 Å². The summed E-state index contributed by atoms with van der Waals surface area (Å²) in [6, 6.07) is 9.99. The number of methoxy groups -OCH3 is 1. The van der Waals surface area contributed by atoms with E-state index >= 15 is 0 Å². The van der Waals surface area contributed by atoms with Crippen molar-refractivity contribution in [3.63, 3.8) is 0 Å². The van der Waals surface area contributed by atoms with E-state index in [1.807, 2.05) is 44.2 Å². The van der Waals surface area contributed by atoms with Crippen molar-refractivity contribution in [3.05, 3.63) is 42.1 Å². The summed E-state index contributed by atoms with van der Waals surface area (Å²) < 4.78 is 5.36. The van der Waals surface area contributed by atoms with Crippen molar-refractivity contribution in [2.45, 2.75) is 38.4 Å². The molecule has 0 aliphatic carbocycles. The highest BCUT2D eigenvalue weighted by Crippen LogP contribution is 2.22. The van der Waals surface area contributed by atoms with E-state index < -0.39 is 6.10 Å². The Morgan fingerprint density at radius 3 is 2.74 bits per heavy atom. The Morgan fingerprint density at radius 1 is 1.26 bits per heavy atom. The van der Waals surface area contributed by atoms with Gasteiger partial charge < -0.3 is 9.84 Å². The SMILES string of the molecule is COC(C)(C)CC(O)Cc1ccnc2ccccc12. The molecule has 0 aliphatic rings. The van der Waals surface area contributed by atoms with E-state index in [2.05, 4.69) is 4.98 Å². The molecule has 1 unspecified atom stereocenters. The van der Waals surface area contributed by atoms with Crippen molar-refractivity contribution in [1.82, 2.24) is 4.98 Å². The maximum atomic E-state index is 10.2. The minimum atomic E-state index is -0.416. The molecule has 1 aromatic heterocycles. The number of aliphatic hydroxyl groups is 1. The number of aliphatic hydroxyl groups excluding tert-OH is 1. The lowest BCUT2D eigenvalue weighted by Crippen LogP contribution is -2.29. The third kappa shape index (κ3) is 3.52. The lowest BCUT2D eigenvalue weighted by atomic mass is 9.95. The number of rotatable bonds is 5. The summed E-state index contributed by atoms with van der Waals surface area (Å²) >= 11 is 0. The molecule has 0 bridgehead atoms. The Kier molecular flexibility index (Phi) is 4.17. The molecule has 0 fully saturated rings. The van der Waals surface area contributed by atoms with Crippen molar-refractivity contribution in [3.8, 4) is 0 Å². The lowest BCUT2D eigenvalue weighted by molar-refractivity contribution is -0.0190. The molecule has 3 nitrogen and oxygen atoms in total. The van der Waals surface area contributed by atoms with Crippen LogP contribution in [0.3, 0.4) is 0 Å². The quantitative estimate of drug-likeness (QED) is 0.897. The second-order valence-electron chi connectivity index (χ2n) is 5.51. The van der Waals surface area contributed by atoms with Crippen LogP contribution in [0.2, 0.25) is 0 Å². The first-order chi connectivity index (χ1) is 9.02. The molecular weight excluding hydrogens is 238 g/mol. The number of para-hydroxylation sites is 1. The van der Waals surface area contributed by atoms with Gasteiger partial charge in [0.2, 0.25) is 0 Å². The van der Waals surface area contributed by atoms with Gasteiger partial charge in [-0.3, -0.25) is 4.98 Å². The molecule has 2 aromatic rings. The van der Waals surface area contributed by atoms with Crippen LogP contribution in [0.25, 0.3) is 10.9 Å². The summed E-state index contributed by atoms with van der Waals surface area (Å²) in [5.41, 5.74) is 1.80. The van der Waals surface area contributed by atoms with Crippen LogP contribution in [0.5, 0.6) is 0 Å². The molecule has 102 valence electrons. The van der Waals surface area contributed by atoms with Crippen LogP contribution in [0.4, 0.5) is 0 Å². The fourth-order valence-corrected chi connectivity index (χ4v) is 2.31. The molecule has 0 spiro atoms. The number of aromatic nitrogens is 1. The van der Waals surface area contributed by atoms with E-state index in [1.54, 1.807) is 13.3 Å². The largest absolute Gasteiger partial charge is 0.393 e. The summed E-state index contributed by atoms with van der Waals surface area (Å²) in [5.74, 6) is 0. The van der Waals surface area contributed by atoms with E-state index in [9.17, 15) is 5.11 Å². The minimum absolute atomic E-state index is 0.303. The maximum absolute atomic E-state index is 10.2. The number of ether oxygens (including phenoxy) is 1. The fourth-order valence-electron chi connectivity index (χ4n) is 2.31. The van der Waals surface area contributed by atoms with Crippen LogP contribution >= 0.6 is 0 Å². The Labute approximate surface area is 114 Å². The normalized spacial score (nSPS) is 13.7. The number of benzene rings is 1. The molecule has 0 saturated heterocycles. The summed E-state index contributed by atoms with van der Waals surface area (Å²) in [6.07, 6.45) is 2.61. The van der Waals surface area contributed by atoms with Crippen molar-refractivity contribution < 1.29 is 9.84 Å². The molecule has 19 heavy (non-hydrogen) atoms. The Balaban J connectivity index is 2.17. The molecule has 0 aliphatic heterocycles. The zero-order chi connectivity index (χ0) is 13.9. The molecule has 2 rings (SSSR count). The van der Waals surface area contributed by atoms with E-state index in [1.165, 1.54) is 0 Å². The summed E-state index contributed by atoms with van der Waals surface area (Å²) in [5, 5.41) is 11.3. The van der Waals surface area contributed by atoms with Crippen molar-refractivity contribution in [2.24, 2.45) is 0 Å². The van der Waals surface area contributed by atoms with Crippen LogP contribution in [0.1, 0.15) is 25.8 Å². The maximum Gasteiger partial charge on any atom is 0.0704 e. The van der Waals surface area contributed by atoms with Gasteiger partial charge in [-0.25, -0.2) is 0 Å². The van der Waals surface area contributed by atoms with Crippen LogP contribution in [0.15, 0.2) is 36.5 Å². The number of hydrogen-bond acceptors (Lipinski definition) is 3. The van der Waals surface area contributed by atoms with Gasteiger partial charge in [0.25, 0.3) is 0 Å². The van der Waals surface area contributed by atoms with Gasteiger partial charge in [0, 0.05) is 25.1 Å². The standard InChI is InChI=1S/C16H21NO2/c1-16(2,19-3)11-13(18)10-12-8-9-17-15-7-5-4-6-14(12)15/h4-9,13,18H,10-11H2,1-3H3. The van der Waals surface area contributed by atoms with Crippen LogP contribution < -0.4 is 0 Å². The van der Waals surface area contributed by atoms with Gasteiger partial charge in [-0.2, -0.15) is 0 Å². The molecule has 0 radical (unpaired) electrons. The highest BCUT2D eigenvalue weighted by molar-refractivity contribution is 5.81. The third-order valence-electron chi connectivity index (χ3n) is 3.47. The van der Waals surface area contributed by atoms with Gasteiger partial charge in [0.1, 0.15) is 0 Å². The molecule has 1 atom stereocenters. The number of fused-ring (bicyclic) bond motifs is 1. The Bertz CT molecular complexity index is 546. The van der Waals surface area contributed by atoms with Crippen LogP contribution in [0, 0.1) is 0 Å². The molecule has 1 N–H and O–H groups in total. The van der Waals surface area contributed by atoms with Gasteiger partial charge >= 0.3 is 0 Å². The molecule has 3 heteroatoms. The van der Waals surface area contributed by atoms with Crippen molar-refractivity contribution in [1.29, 1.82) is 0 Å². The first-order valence-electron chi connectivity index (χ1n) is 6.58. The van der Waals surface area contributed by atoms with Crippen LogP contribution in [-0.4, -0.2) is 28.9 Å². The van der Waals surface area contributed by atoms with Gasteiger partial charge in [-0.05, 0) is 38.0 Å². The minimum Gasteiger partial charge on any atom is -0.393 e. The number of nitrogens with zero attached hydrogens (tertiary/aromatic N) is 1. The fraction of sp³-hybridized carbons (Fsp3) is 0.438. The smallest absolute Gasteiger partial charge is 0.0704 e. The van der Waals surface area contributed by atoms with E-state index in [4.69, 9.17) is 4.74 Å². The predicted molar refractivity (Wildman–Crippen MR) is 77.2 cm³/mol. The topological polar surface area (TPSA) is 42.4 Å². The van der Waals surface area contributed by atoms with Gasteiger partial charge in [-0.1, -0.05) is 18.2 Å². The molecule has 0 saturated carbocycles.